The monoisotopic (exact) mass is 275 g/mol. The summed E-state index contributed by atoms with van der Waals surface area (Å²) in [5, 5.41) is 3.37. The minimum absolute atomic E-state index is 0.0924. The highest BCUT2D eigenvalue weighted by Gasteiger charge is 2.14. The van der Waals surface area contributed by atoms with E-state index in [4.69, 9.17) is 22.4 Å². The standard InChI is InChI=1S/C14H17N3OS/c1-8-6-12(10(3)18-8)9(2)17-13-7-16-5-4-11(13)14(15)19/h4-7,9,17H,1-3H3,(H2,15,19). The van der Waals surface area contributed by atoms with Crippen LogP contribution in [0.25, 0.3) is 0 Å². The topological polar surface area (TPSA) is 64.1 Å². The predicted octanol–water partition coefficient (Wildman–Crippen LogP) is 3.10. The second-order valence-corrected chi connectivity index (χ2v) is 4.96. The highest BCUT2D eigenvalue weighted by atomic mass is 32.1. The number of anilines is 1. The molecule has 100 valence electrons. The summed E-state index contributed by atoms with van der Waals surface area (Å²) in [4.78, 5) is 4.46. The van der Waals surface area contributed by atoms with Gasteiger partial charge in [-0.3, -0.25) is 4.98 Å². The van der Waals surface area contributed by atoms with Crippen molar-refractivity contribution in [2.45, 2.75) is 26.8 Å². The van der Waals surface area contributed by atoms with Gasteiger partial charge in [-0.2, -0.15) is 0 Å². The van der Waals surface area contributed by atoms with Crippen molar-refractivity contribution in [1.29, 1.82) is 0 Å². The fraction of sp³-hybridized carbons (Fsp3) is 0.286. The fourth-order valence-corrected chi connectivity index (χ4v) is 2.29. The van der Waals surface area contributed by atoms with Gasteiger partial charge in [0.1, 0.15) is 16.5 Å². The number of nitrogens with two attached hydrogens (primary N) is 1. The fourth-order valence-electron chi connectivity index (χ4n) is 2.12. The van der Waals surface area contributed by atoms with Crippen LogP contribution in [0, 0.1) is 13.8 Å². The van der Waals surface area contributed by atoms with Crippen molar-refractivity contribution < 1.29 is 4.42 Å². The van der Waals surface area contributed by atoms with E-state index in [-0.39, 0.29) is 6.04 Å². The van der Waals surface area contributed by atoms with Crippen LogP contribution in [0.1, 0.15) is 35.6 Å². The Hall–Kier alpha value is -1.88. The van der Waals surface area contributed by atoms with Gasteiger partial charge >= 0.3 is 0 Å². The average Bonchev–Trinajstić information content (AvgIpc) is 2.69. The van der Waals surface area contributed by atoms with Crippen LogP contribution >= 0.6 is 12.2 Å². The number of rotatable bonds is 4. The van der Waals surface area contributed by atoms with E-state index in [1.165, 1.54) is 0 Å². The quantitative estimate of drug-likeness (QED) is 0.839. The maximum atomic E-state index is 5.71. The molecule has 2 heterocycles. The van der Waals surface area contributed by atoms with Crippen LogP contribution in [0.4, 0.5) is 5.69 Å². The first-order chi connectivity index (χ1) is 8.99. The Kier molecular flexibility index (Phi) is 3.85. The zero-order chi connectivity index (χ0) is 14.0. The average molecular weight is 275 g/mol. The molecule has 2 aromatic heterocycles. The summed E-state index contributed by atoms with van der Waals surface area (Å²) in [6.45, 7) is 5.96. The first kappa shape index (κ1) is 13.5. The molecule has 0 aliphatic heterocycles. The molecule has 0 fully saturated rings. The Bertz CT molecular complexity index is 606. The molecule has 0 radical (unpaired) electrons. The Morgan fingerprint density at radius 1 is 1.47 bits per heavy atom. The van der Waals surface area contributed by atoms with Crippen LogP contribution in [0.15, 0.2) is 28.9 Å². The lowest BCUT2D eigenvalue weighted by atomic mass is 10.1. The number of hydrogen-bond acceptors (Lipinski definition) is 4. The number of nitrogens with one attached hydrogen (secondary N) is 1. The summed E-state index contributed by atoms with van der Waals surface area (Å²) in [7, 11) is 0. The van der Waals surface area contributed by atoms with Crippen molar-refractivity contribution in [2.75, 3.05) is 5.32 Å². The van der Waals surface area contributed by atoms with Gasteiger partial charge in [-0.1, -0.05) is 12.2 Å². The molecule has 19 heavy (non-hydrogen) atoms. The lowest BCUT2D eigenvalue weighted by molar-refractivity contribution is 0.500. The SMILES string of the molecule is Cc1cc(C(C)Nc2cnccc2C(N)=S)c(C)o1. The highest BCUT2D eigenvalue weighted by molar-refractivity contribution is 7.80. The second kappa shape index (κ2) is 5.40. The van der Waals surface area contributed by atoms with E-state index in [1.807, 2.05) is 26.0 Å². The largest absolute Gasteiger partial charge is 0.466 e. The molecule has 1 atom stereocenters. The molecule has 4 nitrogen and oxygen atoms in total. The predicted molar refractivity (Wildman–Crippen MR) is 80.3 cm³/mol. The lowest BCUT2D eigenvalue weighted by Crippen LogP contribution is -2.15. The third-order valence-electron chi connectivity index (χ3n) is 3.00. The van der Waals surface area contributed by atoms with Crippen molar-refractivity contribution in [3.05, 3.63) is 47.2 Å². The molecule has 0 amide bonds. The van der Waals surface area contributed by atoms with Crippen LogP contribution in [0.3, 0.4) is 0 Å². The molecule has 0 aliphatic rings. The summed E-state index contributed by atoms with van der Waals surface area (Å²) in [6, 6.07) is 3.93. The maximum absolute atomic E-state index is 5.71. The van der Waals surface area contributed by atoms with Crippen molar-refractivity contribution in [3.63, 3.8) is 0 Å². The Morgan fingerprint density at radius 3 is 2.79 bits per heavy atom. The van der Waals surface area contributed by atoms with Crippen LogP contribution in [-0.2, 0) is 0 Å². The normalized spacial score (nSPS) is 12.2. The second-order valence-electron chi connectivity index (χ2n) is 4.52. The number of hydrogen-bond donors (Lipinski definition) is 2. The van der Waals surface area contributed by atoms with E-state index >= 15 is 0 Å². The van der Waals surface area contributed by atoms with Crippen molar-refractivity contribution >= 4 is 22.9 Å². The van der Waals surface area contributed by atoms with Gasteiger partial charge in [0.25, 0.3) is 0 Å². The molecule has 0 aromatic carbocycles. The number of aromatic nitrogens is 1. The van der Waals surface area contributed by atoms with E-state index < -0.39 is 0 Å². The summed E-state index contributed by atoms with van der Waals surface area (Å²) in [5.41, 5.74) is 8.46. The third kappa shape index (κ3) is 2.93. The zero-order valence-corrected chi connectivity index (χ0v) is 12.0. The molecule has 0 aliphatic carbocycles. The molecule has 2 aromatic rings. The molecular weight excluding hydrogens is 258 g/mol. The van der Waals surface area contributed by atoms with Gasteiger partial charge in [0, 0.05) is 17.3 Å². The summed E-state index contributed by atoms with van der Waals surface area (Å²) in [6.07, 6.45) is 3.41. The minimum Gasteiger partial charge on any atom is -0.466 e. The van der Waals surface area contributed by atoms with E-state index in [2.05, 4.69) is 17.2 Å². The van der Waals surface area contributed by atoms with E-state index in [9.17, 15) is 0 Å². The van der Waals surface area contributed by atoms with E-state index in [1.54, 1.807) is 12.4 Å². The molecular formula is C14H17N3OS. The molecule has 3 N–H and O–H groups in total. The van der Waals surface area contributed by atoms with Crippen molar-refractivity contribution in [2.24, 2.45) is 5.73 Å². The van der Waals surface area contributed by atoms with Crippen LogP contribution in [-0.4, -0.2) is 9.97 Å². The number of aryl methyl sites for hydroxylation is 2. The Labute approximate surface area is 118 Å². The van der Waals surface area contributed by atoms with Gasteiger partial charge in [-0.05, 0) is 32.9 Å². The zero-order valence-electron chi connectivity index (χ0n) is 11.2. The number of pyridine rings is 1. The molecule has 0 saturated heterocycles. The minimum atomic E-state index is 0.0924. The van der Waals surface area contributed by atoms with Crippen molar-refractivity contribution in [1.82, 2.24) is 4.98 Å². The van der Waals surface area contributed by atoms with E-state index in [0.29, 0.717) is 4.99 Å². The first-order valence-corrected chi connectivity index (χ1v) is 6.47. The van der Waals surface area contributed by atoms with Crippen LogP contribution < -0.4 is 11.1 Å². The van der Waals surface area contributed by atoms with Gasteiger partial charge in [-0.15, -0.1) is 0 Å². The highest BCUT2D eigenvalue weighted by Crippen LogP contribution is 2.26. The molecule has 0 spiro atoms. The molecule has 0 bridgehead atoms. The number of nitrogens with zero attached hydrogens (tertiary/aromatic N) is 1. The molecule has 5 heteroatoms. The molecule has 0 saturated carbocycles. The number of thiocarbonyl (C=S) groups is 1. The third-order valence-corrected chi connectivity index (χ3v) is 3.22. The summed E-state index contributed by atoms with van der Waals surface area (Å²) >= 11 is 5.04. The molecule has 1 unspecified atom stereocenters. The Balaban J connectivity index is 2.26. The number of furan rings is 1. The Morgan fingerprint density at radius 2 is 2.21 bits per heavy atom. The van der Waals surface area contributed by atoms with Gasteiger partial charge in [0.05, 0.1) is 17.9 Å². The van der Waals surface area contributed by atoms with Gasteiger partial charge < -0.3 is 15.5 Å². The maximum Gasteiger partial charge on any atom is 0.106 e. The smallest absolute Gasteiger partial charge is 0.106 e. The van der Waals surface area contributed by atoms with Crippen LogP contribution in [0.2, 0.25) is 0 Å². The molecule has 2 rings (SSSR count). The first-order valence-electron chi connectivity index (χ1n) is 6.06. The van der Waals surface area contributed by atoms with Crippen molar-refractivity contribution in [3.8, 4) is 0 Å². The van der Waals surface area contributed by atoms with Crippen LogP contribution in [0.5, 0.6) is 0 Å². The lowest BCUT2D eigenvalue weighted by Gasteiger charge is -2.16. The van der Waals surface area contributed by atoms with Gasteiger partial charge in [0.15, 0.2) is 0 Å². The van der Waals surface area contributed by atoms with Gasteiger partial charge in [-0.25, -0.2) is 0 Å². The van der Waals surface area contributed by atoms with Gasteiger partial charge in [0.2, 0.25) is 0 Å². The van der Waals surface area contributed by atoms with E-state index in [0.717, 1.165) is 28.3 Å². The summed E-state index contributed by atoms with van der Waals surface area (Å²) in [5.74, 6) is 1.82. The summed E-state index contributed by atoms with van der Waals surface area (Å²) < 4.78 is 5.54.